The Morgan fingerprint density at radius 1 is 0.806 bits per heavy atom. The summed E-state index contributed by atoms with van der Waals surface area (Å²) in [6.45, 7) is 4.17. The number of carbonyl (C=O) groups is 2. The van der Waals surface area contributed by atoms with Crippen molar-refractivity contribution in [2.24, 2.45) is 0 Å². The Bertz CT molecular complexity index is 1100. The van der Waals surface area contributed by atoms with Gasteiger partial charge >= 0.3 is 0 Å². The third kappa shape index (κ3) is 6.20. The zero-order valence-electron chi connectivity index (χ0n) is 17.1. The number of benzene rings is 3. The molecule has 0 heterocycles. The first-order chi connectivity index (χ1) is 14.8. The van der Waals surface area contributed by atoms with Crippen LogP contribution in [0.25, 0.3) is 0 Å². The molecule has 3 aromatic rings. The fourth-order valence-corrected chi connectivity index (χ4v) is 3.04. The zero-order valence-corrected chi connectivity index (χ0v) is 17.9. The van der Waals surface area contributed by atoms with Gasteiger partial charge in [0.25, 0.3) is 11.8 Å². The molecule has 0 aliphatic rings. The molecule has 0 radical (unpaired) electrons. The van der Waals surface area contributed by atoms with Gasteiger partial charge in [-0.2, -0.15) is 0 Å². The van der Waals surface area contributed by atoms with Crippen molar-refractivity contribution in [1.82, 2.24) is 5.32 Å². The van der Waals surface area contributed by atoms with E-state index in [-0.39, 0.29) is 22.7 Å². The molecule has 5 nitrogen and oxygen atoms in total. The number of thiocarbonyl (C=S) groups is 1. The van der Waals surface area contributed by atoms with Crippen LogP contribution in [0.1, 0.15) is 46.0 Å². The first-order valence-electron chi connectivity index (χ1n) is 9.71. The van der Waals surface area contributed by atoms with Gasteiger partial charge in [-0.1, -0.05) is 32.0 Å². The monoisotopic (exact) mass is 435 g/mol. The van der Waals surface area contributed by atoms with Gasteiger partial charge in [-0.3, -0.25) is 14.9 Å². The maximum Gasteiger partial charge on any atom is 0.257 e. The van der Waals surface area contributed by atoms with Crippen LogP contribution in [0, 0.1) is 5.82 Å². The van der Waals surface area contributed by atoms with Crippen LogP contribution in [-0.4, -0.2) is 16.9 Å². The van der Waals surface area contributed by atoms with Gasteiger partial charge in [0.1, 0.15) is 5.82 Å². The highest BCUT2D eigenvalue weighted by Gasteiger charge is 2.11. The molecule has 158 valence electrons. The number of rotatable bonds is 5. The lowest BCUT2D eigenvalue weighted by Crippen LogP contribution is -2.34. The van der Waals surface area contributed by atoms with Crippen LogP contribution in [0.2, 0.25) is 0 Å². The quantitative estimate of drug-likeness (QED) is 0.474. The van der Waals surface area contributed by atoms with Gasteiger partial charge in [0, 0.05) is 22.5 Å². The van der Waals surface area contributed by atoms with Crippen LogP contribution in [0.4, 0.5) is 15.8 Å². The summed E-state index contributed by atoms with van der Waals surface area (Å²) in [5.74, 6) is -0.670. The average molecular weight is 436 g/mol. The highest BCUT2D eigenvalue weighted by Crippen LogP contribution is 2.16. The Kier molecular flexibility index (Phi) is 7.10. The minimum Gasteiger partial charge on any atom is -0.332 e. The lowest BCUT2D eigenvalue weighted by Gasteiger charge is -2.12. The minimum atomic E-state index is -0.379. The molecule has 0 saturated heterocycles. The van der Waals surface area contributed by atoms with Crippen molar-refractivity contribution in [2.75, 3.05) is 10.6 Å². The summed E-state index contributed by atoms with van der Waals surface area (Å²) in [4.78, 5) is 24.8. The lowest BCUT2D eigenvalue weighted by atomic mass is 10.0. The summed E-state index contributed by atoms with van der Waals surface area (Å²) >= 11 is 5.23. The fourth-order valence-electron chi connectivity index (χ4n) is 2.83. The first-order valence-corrected chi connectivity index (χ1v) is 10.1. The van der Waals surface area contributed by atoms with E-state index in [9.17, 15) is 14.0 Å². The van der Waals surface area contributed by atoms with E-state index in [1.807, 2.05) is 12.1 Å². The number of carbonyl (C=O) groups excluding carboxylic acids is 2. The van der Waals surface area contributed by atoms with Crippen molar-refractivity contribution >= 4 is 40.5 Å². The second-order valence-corrected chi connectivity index (χ2v) is 7.64. The van der Waals surface area contributed by atoms with E-state index in [0.29, 0.717) is 28.4 Å². The van der Waals surface area contributed by atoms with E-state index in [1.165, 1.54) is 24.3 Å². The molecular weight excluding hydrogens is 413 g/mol. The predicted octanol–water partition coefficient (Wildman–Crippen LogP) is 5.33. The van der Waals surface area contributed by atoms with Crippen molar-refractivity contribution in [1.29, 1.82) is 0 Å². The molecule has 0 bridgehead atoms. The van der Waals surface area contributed by atoms with Crippen LogP contribution in [0.15, 0.2) is 72.8 Å². The van der Waals surface area contributed by atoms with Crippen molar-refractivity contribution in [3.05, 3.63) is 95.3 Å². The number of hydrogen-bond acceptors (Lipinski definition) is 3. The summed E-state index contributed by atoms with van der Waals surface area (Å²) in [7, 11) is 0. The second-order valence-electron chi connectivity index (χ2n) is 7.23. The highest BCUT2D eigenvalue weighted by atomic mass is 32.1. The van der Waals surface area contributed by atoms with E-state index in [4.69, 9.17) is 12.2 Å². The summed E-state index contributed by atoms with van der Waals surface area (Å²) < 4.78 is 13.0. The number of anilines is 2. The summed E-state index contributed by atoms with van der Waals surface area (Å²) in [5.41, 5.74) is 3.06. The van der Waals surface area contributed by atoms with Crippen molar-refractivity contribution in [3.63, 3.8) is 0 Å². The molecule has 0 unspecified atom stereocenters. The molecule has 0 fully saturated rings. The number of halogens is 1. The third-order valence-corrected chi connectivity index (χ3v) is 4.76. The summed E-state index contributed by atoms with van der Waals surface area (Å²) in [6, 6.07) is 19.5. The number of nitrogens with one attached hydrogen (secondary N) is 3. The lowest BCUT2D eigenvalue weighted by molar-refractivity contribution is 0.0976. The highest BCUT2D eigenvalue weighted by molar-refractivity contribution is 7.80. The number of hydrogen-bond donors (Lipinski definition) is 3. The molecule has 0 aromatic heterocycles. The second kappa shape index (κ2) is 9.95. The minimum absolute atomic E-state index is 0.119. The third-order valence-electron chi connectivity index (χ3n) is 4.55. The molecule has 0 aliphatic heterocycles. The van der Waals surface area contributed by atoms with Gasteiger partial charge in [-0.15, -0.1) is 0 Å². The summed E-state index contributed by atoms with van der Waals surface area (Å²) in [6.07, 6.45) is 0. The fraction of sp³-hybridized carbons (Fsp3) is 0.125. The molecule has 7 heteroatoms. The SMILES string of the molecule is CC(C)c1ccc(C(=O)NC(=S)Nc2cccc(C(=O)Nc3ccc(F)cc3)c2)cc1. The van der Waals surface area contributed by atoms with E-state index in [0.717, 1.165) is 5.56 Å². The number of amides is 2. The molecule has 3 rings (SSSR count). The maximum atomic E-state index is 13.0. The molecule has 2 amide bonds. The van der Waals surface area contributed by atoms with Gasteiger partial charge in [0.2, 0.25) is 0 Å². The molecule has 0 aliphatic carbocycles. The van der Waals surface area contributed by atoms with E-state index >= 15 is 0 Å². The zero-order chi connectivity index (χ0) is 22.4. The Balaban J connectivity index is 1.60. The molecular formula is C24H22FN3O2S. The van der Waals surface area contributed by atoms with Crippen molar-refractivity contribution in [2.45, 2.75) is 19.8 Å². The summed E-state index contributed by atoms with van der Waals surface area (Å²) in [5, 5.41) is 8.36. The van der Waals surface area contributed by atoms with E-state index < -0.39 is 0 Å². The van der Waals surface area contributed by atoms with E-state index in [1.54, 1.807) is 36.4 Å². The van der Waals surface area contributed by atoms with Crippen LogP contribution >= 0.6 is 12.2 Å². The Labute approximate surface area is 185 Å². The molecule has 0 saturated carbocycles. The average Bonchev–Trinajstić information content (AvgIpc) is 2.75. The van der Waals surface area contributed by atoms with Crippen molar-refractivity contribution < 1.29 is 14.0 Å². The van der Waals surface area contributed by atoms with Gasteiger partial charge in [0.05, 0.1) is 0 Å². The van der Waals surface area contributed by atoms with Crippen LogP contribution < -0.4 is 16.0 Å². The van der Waals surface area contributed by atoms with Crippen LogP contribution in [0.3, 0.4) is 0 Å². The van der Waals surface area contributed by atoms with Gasteiger partial charge < -0.3 is 10.6 Å². The molecule has 0 atom stereocenters. The maximum absolute atomic E-state index is 13.0. The topological polar surface area (TPSA) is 70.2 Å². The predicted molar refractivity (Wildman–Crippen MR) is 125 cm³/mol. The molecule has 3 aromatic carbocycles. The van der Waals surface area contributed by atoms with Crippen molar-refractivity contribution in [3.8, 4) is 0 Å². The van der Waals surface area contributed by atoms with Gasteiger partial charge in [-0.25, -0.2) is 4.39 Å². The van der Waals surface area contributed by atoms with E-state index in [2.05, 4.69) is 29.8 Å². The Hall–Kier alpha value is -3.58. The Morgan fingerprint density at radius 2 is 1.48 bits per heavy atom. The largest absolute Gasteiger partial charge is 0.332 e. The molecule has 31 heavy (non-hydrogen) atoms. The van der Waals surface area contributed by atoms with Gasteiger partial charge in [-0.05, 0) is 78.3 Å². The van der Waals surface area contributed by atoms with Gasteiger partial charge in [0.15, 0.2) is 5.11 Å². The molecule has 0 spiro atoms. The normalized spacial score (nSPS) is 10.5. The van der Waals surface area contributed by atoms with Crippen LogP contribution in [0.5, 0.6) is 0 Å². The smallest absolute Gasteiger partial charge is 0.257 e. The standard InChI is InChI=1S/C24H22FN3O2S/c1-15(2)16-6-8-17(9-7-16)22(29)28-24(31)27-21-5-3-4-18(14-21)23(30)26-20-12-10-19(25)11-13-20/h3-15H,1-2H3,(H,26,30)(H2,27,28,29,31). The van der Waals surface area contributed by atoms with Crippen LogP contribution in [-0.2, 0) is 0 Å². The Morgan fingerprint density at radius 3 is 2.13 bits per heavy atom. The first kappa shape index (κ1) is 22.1. The molecule has 3 N–H and O–H groups in total.